The number of nitrogens with one attached hydrogen (secondary N) is 2. The number of rotatable bonds is 5. The molecule has 0 saturated heterocycles. The number of aryl methyl sites for hydroxylation is 1. The smallest absolute Gasteiger partial charge is 0.308 e. The molecule has 172 valence electrons. The second-order valence-electron chi connectivity index (χ2n) is 8.29. The van der Waals surface area contributed by atoms with E-state index in [0.717, 1.165) is 16.7 Å². The van der Waals surface area contributed by atoms with Crippen molar-refractivity contribution in [2.24, 2.45) is 0 Å². The summed E-state index contributed by atoms with van der Waals surface area (Å²) in [5.41, 5.74) is 4.93. The fourth-order valence-electron chi connectivity index (χ4n) is 4.03. The summed E-state index contributed by atoms with van der Waals surface area (Å²) in [5, 5.41) is 6.02. The van der Waals surface area contributed by atoms with Crippen LogP contribution in [0.15, 0.2) is 108 Å². The first-order valence-electron chi connectivity index (χ1n) is 11.4. The minimum absolute atomic E-state index is 0.147. The fourth-order valence-corrected chi connectivity index (χ4v) is 4.03. The molecule has 4 aromatic carbocycles. The van der Waals surface area contributed by atoms with Gasteiger partial charge >= 0.3 is 6.03 Å². The molecule has 0 fully saturated rings. The van der Waals surface area contributed by atoms with E-state index < -0.39 is 0 Å². The maximum Gasteiger partial charge on any atom is 0.323 e. The summed E-state index contributed by atoms with van der Waals surface area (Å²) in [4.78, 5) is 30.4. The third-order valence-corrected chi connectivity index (χ3v) is 5.84. The topological polar surface area (TPSA) is 76.0 Å². The van der Waals surface area contributed by atoms with Gasteiger partial charge in [-0.2, -0.15) is 0 Å². The molecule has 0 bridgehead atoms. The maximum absolute atomic E-state index is 13.4. The van der Waals surface area contributed by atoms with E-state index >= 15 is 0 Å². The molecule has 6 heteroatoms. The standard InChI is InChI=1S/C29H24N4O2/c1-20-30-27-17-16-25(32-29(35)31-24-10-6-3-7-11-24)18-26(27)28(34)33(20)19-21-12-14-23(15-13-21)22-8-4-2-5-9-22/h2-18H,19H2,1H3,(H2,31,32,35). The van der Waals surface area contributed by atoms with Gasteiger partial charge in [0.15, 0.2) is 0 Å². The lowest BCUT2D eigenvalue weighted by atomic mass is 10.0. The van der Waals surface area contributed by atoms with E-state index in [0.29, 0.717) is 34.6 Å². The minimum Gasteiger partial charge on any atom is -0.308 e. The molecule has 0 aliphatic heterocycles. The quantitative estimate of drug-likeness (QED) is 0.335. The molecular formula is C29H24N4O2. The number of carbonyl (C=O) groups excluding carboxylic acids is 1. The first-order valence-corrected chi connectivity index (χ1v) is 11.4. The molecule has 1 aromatic heterocycles. The Morgan fingerprint density at radius 1 is 0.771 bits per heavy atom. The zero-order chi connectivity index (χ0) is 24.2. The lowest BCUT2D eigenvalue weighted by Gasteiger charge is -2.13. The predicted octanol–water partition coefficient (Wildman–Crippen LogP) is 6.06. The maximum atomic E-state index is 13.4. The van der Waals surface area contributed by atoms with Crippen LogP contribution in [0.3, 0.4) is 0 Å². The Kier molecular flexibility index (Phi) is 6.09. The van der Waals surface area contributed by atoms with Crippen LogP contribution >= 0.6 is 0 Å². The Bertz CT molecular complexity index is 1540. The number of benzene rings is 4. The normalized spacial score (nSPS) is 10.8. The molecule has 0 unspecified atom stereocenters. The van der Waals surface area contributed by atoms with Crippen molar-refractivity contribution in [2.45, 2.75) is 13.5 Å². The van der Waals surface area contributed by atoms with Crippen LogP contribution in [0, 0.1) is 6.92 Å². The number of nitrogens with zero attached hydrogens (tertiary/aromatic N) is 2. The highest BCUT2D eigenvalue weighted by atomic mass is 16.2. The number of amides is 2. The van der Waals surface area contributed by atoms with Crippen LogP contribution in [0.5, 0.6) is 0 Å². The van der Waals surface area contributed by atoms with E-state index in [2.05, 4.69) is 39.9 Å². The Morgan fingerprint density at radius 3 is 2.11 bits per heavy atom. The van der Waals surface area contributed by atoms with Crippen LogP contribution in [-0.4, -0.2) is 15.6 Å². The molecule has 5 rings (SSSR count). The molecular weight excluding hydrogens is 436 g/mol. The predicted molar refractivity (Wildman–Crippen MR) is 141 cm³/mol. The largest absolute Gasteiger partial charge is 0.323 e. The third kappa shape index (κ3) is 4.96. The van der Waals surface area contributed by atoms with Gasteiger partial charge in [0.2, 0.25) is 0 Å². The van der Waals surface area contributed by atoms with Gasteiger partial charge in [0.25, 0.3) is 5.56 Å². The molecule has 0 radical (unpaired) electrons. The summed E-state index contributed by atoms with van der Waals surface area (Å²) >= 11 is 0. The summed E-state index contributed by atoms with van der Waals surface area (Å²) in [6, 6.07) is 32.3. The van der Waals surface area contributed by atoms with Crippen molar-refractivity contribution in [3.05, 3.63) is 125 Å². The van der Waals surface area contributed by atoms with Gasteiger partial charge in [-0.3, -0.25) is 9.36 Å². The first kappa shape index (κ1) is 22.1. The van der Waals surface area contributed by atoms with Gasteiger partial charge < -0.3 is 10.6 Å². The highest BCUT2D eigenvalue weighted by Crippen LogP contribution is 2.20. The van der Waals surface area contributed by atoms with Crippen LogP contribution in [-0.2, 0) is 6.54 Å². The van der Waals surface area contributed by atoms with Gasteiger partial charge in [-0.25, -0.2) is 9.78 Å². The zero-order valence-corrected chi connectivity index (χ0v) is 19.2. The van der Waals surface area contributed by atoms with E-state index in [4.69, 9.17) is 0 Å². The summed E-state index contributed by atoms with van der Waals surface area (Å²) in [5.74, 6) is 0.636. The van der Waals surface area contributed by atoms with Crippen molar-refractivity contribution in [2.75, 3.05) is 10.6 Å². The van der Waals surface area contributed by atoms with Gasteiger partial charge in [0, 0.05) is 11.4 Å². The Labute approximate surface area is 202 Å². The zero-order valence-electron chi connectivity index (χ0n) is 19.2. The number of para-hydroxylation sites is 1. The Morgan fingerprint density at radius 2 is 1.40 bits per heavy atom. The number of carbonyl (C=O) groups is 1. The van der Waals surface area contributed by atoms with E-state index in [9.17, 15) is 9.59 Å². The highest BCUT2D eigenvalue weighted by molar-refractivity contribution is 6.00. The number of hydrogen-bond donors (Lipinski definition) is 2. The van der Waals surface area contributed by atoms with Crippen LogP contribution in [0.1, 0.15) is 11.4 Å². The van der Waals surface area contributed by atoms with Crippen molar-refractivity contribution in [3.63, 3.8) is 0 Å². The molecule has 5 aromatic rings. The van der Waals surface area contributed by atoms with Crippen LogP contribution in [0.4, 0.5) is 16.2 Å². The molecule has 0 saturated carbocycles. The minimum atomic E-state index is -0.380. The number of fused-ring (bicyclic) bond motifs is 1. The highest BCUT2D eigenvalue weighted by Gasteiger charge is 2.11. The monoisotopic (exact) mass is 460 g/mol. The first-order chi connectivity index (χ1) is 17.1. The van der Waals surface area contributed by atoms with E-state index in [1.165, 1.54) is 0 Å². The van der Waals surface area contributed by atoms with Gasteiger partial charge in [-0.05, 0) is 53.9 Å². The lowest BCUT2D eigenvalue weighted by molar-refractivity contribution is 0.262. The summed E-state index contributed by atoms with van der Waals surface area (Å²) in [7, 11) is 0. The van der Waals surface area contributed by atoms with Gasteiger partial charge in [0.1, 0.15) is 5.82 Å². The summed E-state index contributed by atoms with van der Waals surface area (Å²) < 4.78 is 1.66. The molecule has 1 heterocycles. The number of anilines is 2. The van der Waals surface area contributed by atoms with Crippen LogP contribution < -0.4 is 16.2 Å². The number of hydrogen-bond acceptors (Lipinski definition) is 3. The molecule has 0 spiro atoms. The van der Waals surface area contributed by atoms with Crippen molar-refractivity contribution in [1.82, 2.24) is 9.55 Å². The summed E-state index contributed by atoms with van der Waals surface area (Å²) in [6.45, 7) is 2.24. The number of aromatic nitrogens is 2. The SMILES string of the molecule is Cc1nc2ccc(NC(=O)Nc3ccccc3)cc2c(=O)n1Cc1ccc(-c2ccccc2)cc1. The molecule has 2 amide bonds. The van der Waals surface area contributed by atoms with Crippen molar-refractivity contribution in [3.8, 4) is 11.1 Å². The third-order valence-electron chi connectivity index (χ3n) is 5.84. The van der Waals surface area contributed by atoms with Crippen molar-refractivity contribution in [1.29, 1.82) is 0 Å². The Hall–Kier alpha value is -4.71. The molecule has 35 heavy (non-hydrogen) atoms. The summed E-state index contributed by atoms with van der Waals surface area (Å²) in [6.07, 6.45) is 0. The molecule has 0 atom stereocenters. The average molecular weight is 461 g/mol. The second kappa shape index (κ2) is 9.65. The van der Waals surface area contributed by atoms with E-state index in [1.54, 1.807) is 34.9 Å². The molecule has 2 N–H and O–H groups in total. The molecule has 0 aliphatic rings. The number of urea groups is 1. The van der Waals surface area contributed by atoms with Crippen LogP contribution in [0.2, 0.25) is 0 Å². The van der Waals surface area contributed by atoms with Crippen molar-refractivity contribution >= 4 is 28.3 Å². The Balaban J connectivity index is 1.39. The van der Waals surface area contributed by atoms with Gasteiger partial charge in [-0.1, -0.05) is 72.8 Å². The average Bonchev–Trinajstić information content (AvgIpc) is 2.88. The lowest BCUT2D eigenvalue weighted by Crippen LogP contribution is -2.25. The molecule has 6 nitrogen and oxygen atoms in total. The second-order valence-corrected chi connectivity index (χ2v) is 8.29. The molecule has 0 aliphatic carbocycles. The van der Waals surface area contributed by atoms with E-state index in [1.807, 2.05) is 55.5 Å². The van der Waals surface area contributed by atoms with E-state index in [-0.39, 0.29) is 11.6 Å². The fraction of sp³-hybridized carbons (Fsp3) is 0.0690. The van der Waals surface area contributed by atoms with Crippen LogP contribution in [0.25, 0.3) is 22.0 Å². The van der Waals surface area contributed by atoms with Gasteiger partial charge in [-0.15, -0.1) is 0 Å². The van der Waals surface area contributed by atoms with Gasteiger partial charge in [0.05, 0.1) is 17.4 Å². The van der Waals surface area contributed by atoms with Crippen molar-refractivity contribution < 1.29 is 4.79 Å².